The van der Waals surface area contributed by atoms with E-state index in [1.165, 1.54) is 11.0 Å². The van der Waals surface area contributed by atoms with Gasteiger partial charge in [0.2, 0.25) is 0 Å². The van der Waals surface area contributed by atoms with Crippen LogP contribution in [0.5, 0.6) is 0 Å². The van der Waals surface area contributed by atoms with Crippen LogP contribution in [0.15, 0.2) is 36.8 Å². The number of nitrogens with zero attached hydrogens (tertiary/aromatic N) is 8. The molecule has 0 unspecified atom stereocenters. The molecule has 1 N–H and O–H groups in total. The fraction of sp³-hybridized carbons (Fsp3) is 0.250. The van der Waals surface area contributed by atoms with Gasteiger partial charge in [0, 0.05) is 29.6 Å². The Bertz CT molecular complexity index is 1280. The second-order valence-electron chi connectivity index (χ2n) is 7.28. The van der Waals surface area contributed by atoms with Crippen molar-refractivity contribution in [1.82, 2.24) is 34.1 Å². The second kappa shape index (κ2) is 7.73. The van der Waals surface area contributed by atoms with Gasteiger partial charge in [0.25, 0.3) is 5.91 Å². The minimum Gasteiger partial charge on any atom is -0.304 e. The zero-order valence-electron chi connectivity index (χ0n) is 16.6. The van der Waals surface area contributed by atoms with Crippen LogP contribution in [0.4, 0.5) is 5.82 Å². The van der Waals surface area contributed by atoms with E-state index in [0.717, 1.165) is 41.2 Å². The van der Waals surface area contributed by atoms with E-state index >= 15 is 0 Å². The van der Waals surface area contributed by atoms with Crippen LogP contribution < -0.4 is 5.32 Å². The molecule has 0 bridgehead atoms. The lowest BCUT2D eigenvalue weighted by molar-refractivity contribution is 0.103. The number of aromatic nitrogens is 7. The van der Waals surface area contributed by atoms with Crippen molar-refractivity contribution in [2.45, 2.75) is 32.2 Å². The molecule has 31 heavy (non-hydrogen) atoms. The molecule has 154 valence electrons. The Morgan fingerprint density at radius 2 is 2.16 bits per heavy atom. The average Bonchev–Trinajstić information content (AvgIpc) is 3.19. The van der Waals surface area contributed by atoms with Gasteiger partial charge in [-0.15, -0.1) is 9.90 Å². The molecule has 0 saturated heterocycles. The van der Waals surface area contributed by atoms with Crippen LogP contribution in [0, 0.1) is 18.3 Å². The number of hydrogen-bond donors (Lipinski definition) is 1. The molecule has 11 heteroatoms. The van der Waals surface area contributed by atoms with E-state index in [-0.39, 0.29) is 11.6 Å². The Balaban J connectivity index is 1.38. The lowest BCUT2D eigenvalue weighted by Crippen LogP contribution is -2.12. The first-order chi connectivity index (χ1) is 15.1. The summed E-state index contributed by atoms with van der Waals surface area (Å²) < 4.78 is 5.93. The number of carbonyl (C=O) groups is 1. The van der Waals surface area contributed by atoms with Crippen LogP contribution in [0.1, 0.15) is 50.9 Å². The molecule has 4 aromatic heterocycles. The number of pyridine rings is 1. The molecule has 1 aliphatic carbocycles. The maximum absolute atomic E-state index is 12.5. The van der Waals surface area contributed by atoms with E-state index < -0.39 is 0 Å². The number of anilines is 1. The minimum atomic E-state index is -0.202. The number of hydrogen-bond acceptors (Lipinski definition) is 8. The third-order valence-corrected chi connectivity index (χ3v) is 5.79. The Morgan fingerprint density at radius 1 is 1.29 bits per heavy atom. The standard InChI is InChI=1S/C20H17N9OS/c1-12-18(14-3-4-14)28(27-19(12)25-20(30)16-6-7-24-31-16)11-13-2-5-17(22-9-13)29-23-10-15(8-21)26-29/h2,5-7,9-10,14H,3-4,11H2,1H3,(H,25,27,30). The predicted octanol–water partition coefficient (Wildman–Crippen LogP) is 2.67. The first kappa shape index (κ1) is 19.1. The molecule has 0 atom stereocenters. The summed E-state index contributed by atoms with van der Waals surface area (Å²) in [5, 5.41) is 24.6. The predicted molar refractivity (Wildman–Crippen MR) is 112 cm³/mol. The van der Waals surface area contributed by atoms with Crippen LogP contribution in [0.3, 0.4) is 0 Å². The van der Waals surface area contributed by atoms with E-state index in [2.05, 4.69) is 30.0 Å². The monoisotopic (exact) mass is 431 g/mol. The van der Waals surface area contributed by atoms with Gasteiger partial charge in [0.1, 0.15) is 10.9 Å². The maximum atomic E-state index is 12.5. The Kier molecular flexibility index (Phi) is 4.76. The topological polar surface area (TPSA) is 127 Å². The molecule has 1 amide bonds. The minimum absolute atomic E-state index is 0.202. The molecule has 1 saturated carbocycles. The quantitative estimate of drug-likeness (QED) is 0.497. The number of amides is 1. The lowest BCUT2D eigenvalue weighted by atomic mass is 10.1. The van der Waals surface area contributed by atoms with Crippen LogP contribution in [-0.2, 0) is 6.54 Å². The van der Waals surface area contributed by atoms with Gasteiger partial charge in [-0.3, -0.25) is 9.48 Å². The molecule has 0 radical (unpaired) electrons. The smallest absolute Gasteiger partial charge is 0.268 e. The third-order valence-electron chi connectivity index (χ3n) is 5.05. The van der Waals surface area contributed by atoms with Crippen LogP contribution in [0.2, 0.25) is 0 Å². The Hall–Kier alpha value is -3.91. The van der Waals surface area contributed by atoms with Crippen molar-refractivity contribution in [1.29, 1.82) is 5.26 Å². The van der Waals surface area contributed by atoms with Gasteiger partial charge in [-0.2, -0.15) is 15.5 Å². The summed E-state index contributed by atoms with van der Waals surface area (Å²) in [4.78, 5) is 18.7. The van der Waals surface area contributed by atoms with Crippen molar-refractivity contribution in [2.24, 2.45) is 0 Å². The summed E-state index contributed by atoms with van der Waals surface area (Å²) in [5.74, 6) is 1.37. The van der Waals surface area contributed by atoms with E-state index in [1.807, 2.05) is 23.7 Å². The first-order valence-corrected chi connectivity index (χ1v) is 10.5. The SMILES string of the molecule is Cc1c(NC(=O)c2ccns2)nn(Cc2ccc(-n3ncc(C#N)n3)nc2)c1C1CC1. The largest absolute Gasteiger partial charge is 0.304 e. The number of nitrogens with one attached hydrogen (secondary N) is 1. The molecule has 1 aliphatic rings. The maximum Gasteiger partial charge on any atom is 0.268 e. The second-order valence-corrected chi connectivity index (χ2v) is 8.11. The highest BCUT2D eigenvalue weighted by molar-refractivity contribution is 7.08. The number of carbonyl (C=O) groups excluding carboxylic acids is 1. The highest BCUT2D eigenvalue weighted by Crippen LogP contribution is 2.43. The summed E-state index contributed by atoms with van der Waals surface area (Å²) in [6, 6.07) is 7.37. The van der Waals surface area contributed by atoms with E-state index in [4.69, 9.17) is 5.26 Å². The van der Waals surface area contributed by atoms with E-state index in [1.54, 1.807) is 24.5 Å². The van der Waals surface area contributed by atoms with Crippen molar-refractivity contribution >= 4 is 23.3 Å². The van der Waals surface area contributed by atoms with E-state index in [9.17, 15) is 4.79 Å². The van der Waals surface area contributed by atoms with Gasteiger partial charge in [-0.25, -0.2) is 9.36 Å². The fourth-order valence-corrected chi connectivity index (χ4v) is 3.90. The Morgan fingerprint density at radius 3 is 2.81 bits per heavy atom. The summed E-state index contributed by atoms with van der Waals surface area (Å²) in [5.41, 5.74) is 3.34. The van der Waals surface area contributed by atoms with Crippen molar-refractivity contribution in [3.8, 4) is 11.9 Å². The van der Waals surface area contributed by atoms with Gasteiger partial charge < -0.3 is 5.32 Å². The molecule has 4 heterocycles. The highest BCUT2D eigenvalue weighted by atomic mass is 32.1. The molecule has 4 aromatic rings. The molecule has 0 aliphatic heterocycles. The van der Waals surface area contributed by atoms with Crippen LogP contribution >= 0.6 is 11.5 Å². The summed E-state index contributed by atoms with van der Waals surface area (Å²) in [6.45, 7) is 2.53. The molecule has 0 spiro atoms. The lowest BCUT2D eigenvalue weighted by Gasteiger charge is -2.08. The van der Waals surface area contributed by atoms with Gasteiger partial charge in [0.15, 0.2) is 17.3 Å². The average molecular weight is 431 g/mol. The summed E-state index contributed by atoms with van der Waals surface area (Å²) >= 11 is 1.16. The zero-order valence-corrected chi connectivity index (χ0v) is 17.4. The van der Waals surface area contributed by atoms with Gasteiger partial charge in [-0.1, -0.05) is 6.07 Å². The summed E-state index contributed by atoms with van der Waals surface area (Å²) in [7, 11) is 0. The van der Waals surface area contributed by atoms with Gasteiger partial charge in [-0.05, 0) is 49.0 Å². The van der Waals surface area contributed by atoms with Gasteiger partial charge in [0.05, 0.1) is 12.7 Å². The number of nitriles is 1. The van der Waals surface area contributed by atoms with Crippen LogP contribution in [0.25, 0.3) is 5.82 Å². The first-order valence-electron chi connectivity index (χ1n) is 9.69. The van der Waals surface area contributed by atoms with Crippen molar-refractivity contribution in [3.63, 3.8) is 0 Å². The molecular weight excluding hydrogens is 414 g/mol. The third kappa shape index (κ3) is 3.80. The van der Waals surface area contributed by atoms with E-state index in [0.29, 0.717) is 29.0 Å². The van der Waals surface area contributed by atoms with Crippen molar-refractivity contribution in [3.05, 3.63) is 64.2 Å². The molecule has 5 rings (SSSR count). The molecule has 1 fully saturated rings. The van der Waals surface area contributed by atoms with Gasteiger partial charge >= 0.3 is 0 Å². The van der Waals surface area contributed by atoms with Crippen LogP contribution in [-0.4, -0.2) is 40.0 Å². The zero-order chi connectivity index (χ0) is 21.4. The molecular formula is C20H17N9OS. The van der Waals surface area contributed by atoms with Crippen molar-refractivity contribution in [2.75, 3.05) is 5.32 Å². The fourth-order valence-electron chi connectivity index (χ4n) is 3.41. The molecule has 0 aromatic carbocycles. The van der Waals surface area contributed by atoms with Crippen molar-refractivity contribution < 1.29 is 4.79 Å². The summed E-state index contributed by atoms with van der Waals surface area (Å²) in [6.07, 6.45) is 6.99. The normalized spacial score (nSPS) is 13.2. The molecule has 10 nitrogen and oxygen atoms in total. The number of rotatable bonds is 6. The Labute approximate surface area is 181 Å². The highest BCUT2D eigenvalue weighted by Gasteiger charge is 2.31.